The molecule has 2 amide bonds. The highest BCUT2D eigenvalue weighted by molar-refractivity contribution is 8.15. The lowest BCUT2D eigenvalue weighted by Crippen LogP contribution is -2.28. The molecule has 2 aromatic rings. The van der Waals surface area contributed by atoms with E-state index in [1.54, 1.807) is 12.1 Å². The first-order chi connectivity index (χ1) is 12.5. The Morgan fingerprint density at radius 2 is 2.19 bits per heavy atom. The largest absolute Gasteiger partial charge is 0.463 e. The van der Waals surface area contributed by atoms with Crippen LogP contribution in [-0.2, 0) is 9.59 Å². The summed E-state index contributed by atoms with van der Waals surface area (Å²) in [5.41, 5.74) is 2.87. The van der Waals surface area contributed by atoms with Crippen LogP contribution in [0.3, 0.4) is 0 Å². The van der Waals surface area contributed by atoms with Gasteiger partial charge in [-0.15, -0.1) is 5.10 Å². The van der Waals surface area contributed by atoms with E-state index in [4.69, 9.17) is 4.42 Å². The number of anilines is 1. The fraction of sp³-hybridized carbons (Fsp3) is 0.222. The predicted octanol–water partition coefficient (Wildman–Crippen LogP) is 2.85. The molecular weight excluding hydrogens is 352 g/mol. The summed E-state index contributed by atoms with van der Waals surface area (Å²) >= 11 is 1.19. The minimum atomic E-state index is -0.530. The van der Waals surface area contributed by atoms with Crippen LogP contribution in [0.15, 0.2) is 51.2 Å². The van der Waals surface area contributed by atoms with Crippen molar-refractivity contribution in [1.82, 2.24) is 5.32 Å². The lowest BCUT2D eigenvalue weighted by atomic mass is 10.1. The molecule has 1 aromatic heterocycles. The van der Waals surface area contributed by atoms with Crippen molar-refractivity contribution in [3.05, 3.63) is 53.5 Å². The monoisotopic (exact) mass is 370 g/mol. The van der Waals surface area contributed by atoms with Crippen LogP contribution >= 0.6 is 11.8 Å². The number of rotatable bonds is 5. The number of thioether (sulfide) groups is 1. The third-order valence-corrected chi connectivity index (χ3v) is 4.97. The quantitative estimate of drug-likeness (QED) is 0.625. The normalized spacial score (nSPS) is 18.5. The second-order valence-electron chi connectivity index (χ2n) is 5.76. The Hall–Kier alpha value is -2.87. The molecule has 1 saturated heterocycles. The van der Waals surface area contributed by atoms with Gasteiger partial charge in [-0.2, -0.15) is 5.10 Å². The molecule has 8 heteroatoms. The van der Waals surface area contributed by atoms with Gasteiger partial charge in [0.25, 0.3) is 0 Å². The number of aryl methyl sites for hydroxylation is 1. The van der Waals surface area contributed by atoms with Crippen molar-refractivity contribution in [2.45, 2.75) is 25.5 Å². The van der Waals surface area contributed by atoms with Gasteiger partial charge >= 0.3 is 0 Å². The van der Waals surface area contributed by atoms with Crippen LogP contribution in [0.25, 0.3) is 0 Å². The van der Waals surface area contributed by atoms with Gasteiger partial charge in [-0.25, -0.2) is 0 Å². The van der Waals surface area contributed by atoms with Crippen LogP contribution in [0.4, 0.5) is 5.69 Å². The van der Waals surface area contributed by atoms with Crippen molar-refractivity contribution in [3.8, 4) is 0 Å². The standard InChI is InChI=1S/C18H18N4O3S/c1-11-5-3-7-14(12(11)2)20-16(23)9-15-17(24)21-18(26-15)22-19-10-13-6-4-8-25-13/h3-8,10,15H,9H2,1-2H3,(H,20,23)(H,21,22,24)/t15-/m0/s1. The number of amides is 2. The van der Waals surface area contributed by atoms with Gasteiger partial charge in [-0.05, 0) is 43.2 Å². The smallest absolute Gasteiger partial charge is 0.240 e. The fourth-order valence-electron chi connectivity index (χ4n) is 2.35. The number of nitrogens with zero attached hydrogens (tertiary/aromatic N) is 2. The van der Waals surface area contributed by atoms with E-state index >= 15 is 0 Å². The van der Waals surface area contributed by atoms with Crippen LogP contribution in [0.1, 0.15) is 23.3 Å². The molecule has 1 fully saturated rings. The maximum absolute atomic E-state index is 12.3. The number of furan rings is 1. The van der Waals surface area contributed by atoms with Crippen LogP contribution in [0.2, 0.25) is 0 Å². The van der Waals surface area contributed by atoms with Crippen LogP contribution in [-0.4, -0.2) is 28.4 Å². The molecule has 0 radical (unpaired) electrons. The van der Waals surface area contributed by atoms with E-state index in [-0.39, 0.29) is 18.2 Å². The lowest BCUT2D eigenvalue weighted by Gasteiger charge is -2.11. The van der Waals surface area contributed by atoms with Gasteiger partial charge in [0.15, 0.2) is 5.17 Å². The summed E-state index contributed by atoms with van der Waals surface area (Å²) in [7, 11) is 0. The molecule has 1 atom stereocenters. The number of carbonyl (C=O) groups excluding carboxylic acids is 2. The van der Waals surface area contributed by atoms with E-state index in [0.29, 0.717) is 10.9 Å². The Balaban J connectivity index is 1.57. The summed E-state index contributed by atoms with van der Waals surface area (Å²) in [4.78, 5) is 24.3. The molecular formula is C18H18N4O3S. The summed E-state index contributed by atoms with van der Waals surface area (Å²) in [5, 5.41) is 13.1. The average molecular weight is 370 g/mol. The fourth-order valence-corrected chi connectivity index (χ4v) is 3.27. The SMILES string of the molecule is Cc1cccc(NC(=O)C[C@@H]2S/C(=N/N=Cc3ccco3)NC2=O)c1C. The van der Waals surface area contributed by atoms with Crippen molar-refractivity contribution in [1.29, 1.82) is 0 Å². The van der Waals surface area contributed by atoms with E-state index < -0.39 is 5.25 Å². The first-order valence-corrected chi connectivity index (χ1v) is 8.89. The van der Waals surface area contributed by atoms with Gasteiger partial charge in [0.1, 0.15) is 11.0 Å². The van der Waals surface area contributed by atoms with Crippen molar-refractivity contribution in [2.75, 3.05) is 5.32 Å². The molecule has 1 aliphatic rings. The minimum absolute atomic E-state index is 0.0603. The molecule has 134 valence electrons. The van der Waals surface area contributed by atoms with Gasteiger partial charge in [-0.3, -0.25) is 9.59 Å². The second-order valence-corrected chi connectivity index (χ2v) is 6.95. The van der Waals surface area contributed by atoms with Crippen molar-refractivity contribution in [2.24, 2.45) is 10.2 Å². The van der Waals surface area contributed by atoms with Crippen LogP contribution < -0.4 is 10.6 Å². The summed E-state index contributed by atoms with van der Waals surface area (Å²) in [5.74, 6) is 0.0953. The van der Waals surface area contributed by atoms with Gasteiger partial charge in [0.2, 0.25) is 11.8 Å². The Morgan fingerprint density at radius 3 is 2.96 bits per heavy atom. The zero-order valence-electron chi connectivity index (χ0n) is 14.4. The Kier molecular flexibility index (Phi) is 5.52. The van der Waals surface area contributed by atoms with Crippen molar-refractivity contribution >= 4 is 40.6 Å². The van der Waals surface area contributed by atoms with Crippen molar-refractivity contribution in [3.63, 3.8) is 0 Å². The summed E-state index contributed by atoms with van der Waals surface area (Å²) in [6, 6.07) is 9.20. The minimum Gasteiger partial charge on any atom is -0.463 e. The van der Waals surface area contributed by atoms with Crippen LogP contribution in [0, 0.1) is 13.8 Å². The van der Waals surface area contributed by atoms with E-state index in [9.17, 15) is 9.59 Å². The molecule has 0 unspecified atom stereocenters. The Bertz CT molecular complexity index is 875. The zero-order valence-corrected chi connectivity index (χ0v) is 15.2. The average Bonchev–Trinajstić information content (AvgIpc) is 3.22. The third-order valence-electron chi connectivity index (χ3n) is 3.90. The maximum Gasteiger partial charge on any atom is 0.240 e. The summed E-state index contributed by atoms with van der Waals surface area (Å²) < 4.78 is 5.10. The maximum atomic E-state index is 12.3. The first-order valence-electron chi connectivity index (χ1n) is 8.01. The number of hydrogen-bond acceptors (Lipinski definition) is 6. The molecule has 0 spiro atoms. The molecule has 1 aliphatic heterocycles. The molecule has 2 heterocycles. The second kappa shape index (κ2) is 8.01. The number of hydrogen-bond donors (Lipinski definition) is 2. The van der Waals surface area contributed by atoms with Gasteiger partial charge in [-0.1, -0.05) is 23.9 Å². The summed E-state index contributed by atoms with van der Waals surface area (Å²) in [6.07, 6.45) is 3.04. The van der Waals surface area contributed by atoms with Gasteiger partial charge in [0.05, 0.1) is 12.5 Å². The van der Waals surface area contributed by atoms with Gasteiger partial charge in [0, 0.05) is 12.1 Å². The molecule has 26 heavy (non-hydrogen) atoms. The predicted molar refractivity (Wildman–Crippen MR) is 102 cm³/mol. The third kappa shape index (κ3) is 4.40. The highest BCUT2D eigenvalue weighted by Gasteiger charge is 2.32. The molecule has 0 bridgehead atoms. The molecule has 2 N–H and O–H groups in total. The molecule has 1 aromatic carbocycles. The molecule has 0 aliphatic carbocycles. The van der Waals surface area contributed by atoms with Crippen molar-refractivity contribution < 1.29 is 14.0 Å². The molecule has 0 saturated carbocycles. The van der Waals surface area contributed by atoms with E-state index in [1.807, 2.05) is 32.0 Å². The van der Waals surface area contributed by atoms with E-state index in [2.05, 4.69) is 20.8 Å². The zero-order chi connectivity index (χ0) is 18.5. The topological polar surface area (TPSA) is 96.1 Å². The number of amidine groups is 1. The first kappa shape index (κ1) is 17.9. The lowest BCUT2D eigenvalue weighted by molar-refractivity contribution is -0.122. The Morgan fingerprint density at radius 1 is 1.35 bits per heavy atom. The number of carbonyl (C=O) groups is 2. The molecule has 3 rings (SSSR count). The Labute approximate surface area is 155 Å². The highest BCUT2D eigenvalue weighted by atomic mass is 32.2. The van der Waals surface area contributed by atoms with Crippen LogP contribution in [0.5, 0.6) is 0 Å². The number of nitrogens with one attached hydrogen (secondary N) is 2. The van der Waals surface area contributed by atoms with Gasteiger partial charge < -0.3 is 15.1 Å². The molecule has 7 nitrogen and oxygen atoms in total. The summed E-state index contributed by atoms with van der Waals surface area (Å²) in [6.45, 7) is 3.93. The van der Waals surface area contributed by atoms with E-state index in [0.717, 1.165) is 16.8 Å². The number of benzene rings is 1. The highest BCUT2D eigenvalue weighted by Crippen LogP contribution is 2.24. The van der Waals surface area contributed by atoms with E-state index in [1.165, 1.54) is 24.2 Å².